The fourth-order valence-corrected chi connectivity index (χ4v) is 5.84. The number of halogens is 1. The maximum absolute atomic E-state index is 13.3. The van der Waals surface area contributed by atoms with Gasteiger partial charge >= 0.3 is 5.97 Å². The molecule has 0 radical (unpaired) electrons. The van der Waals surface area contributed by atoms with Crippen LogP contribution in [0.25, 0.3) is 6.08 Å². The van der Waals surface area contributed by atoms with Gasteiger partial charge in [-0.05, 0) is 80.1 Å². The molecule has 2 aliphatic carbocycles. The van der Waals surface area contributed by atoms with E-state index in [1.807, 2.05) is 6.08 Å². The average molecular weight is 422 g/mol. The molecule has 1 aromatic rings. The highest BCUT2D eigenvalue weighted by Crippen LogP contribution is 2.50. The quantitative estimate of drug-likeness (QED) is 0.435. The fourth-order valence-electron chi connectivity index (χ4n) is 4.68. The third-order valence-corrected chi connectivity index (χ3v) is 7.11. The zero-order valence-electron chi connectivity index (χ0n) is 16.3. The summed E-state index contributed by atoms with van der Waals surface area (Å²) in [5, 5.41) is 9.79. The molecule has 2 fully saturated rings. The lowest BCUT2D eigenvalue weighted by Gasteiger charge is -2.30. The summed E-state index contributed by atoms with van der Waals surface area (Å²) in [6, 6.07) is 5.73. The van der Waals surface area contributed by atoms with Crippen LogP contribution < -0.4 is 4.72 Å². The van der Waals surface area contributed by atoms with Crippen molar-refractivity contribution in [3.63, 3.8) is 0 Å². The summed E-state index contributed by atoms with van der Waals surface area (Å²) in [5.41, 5.74) is 0.504. The Balaban J connectivity index is 1.58. The van der Waals surface area contributed by atoms with Gasteiger partial charge in [0.2, 0.25) is 10.0 Å². The van der Waals surface area contributed by atoms with Crippen molar-refractivity contribution >= 4 is 22.1 Å². The molecule has 3 rings (SSSR count). The summed E-state index contributed by atoms with van der Waals surface area (Å²) in [5.74, 6) is -0.0266. The van der Waals surface area contributed by atoms with E-state index in [0.717, 1.165) is 37.5 Å². The van der Waals surface area contributed by atoms with Crippen molar-refractivity contribution in [2.45, 2.75) is 51.0 Å². The third-order valence-electron chi connectivity index (χ3n) is 6.01. The topological polar surface area (TPSA) is 83.5 Å². The van der Waals surface area contributed by atoms with E-state index < -0.39 is 21.8 Å². The molecule has 2 N–H and O–H groups in total. The van der Waals surface area contributed by atoms with E-state index in [1.54, 1.807) is 12.1 Å². The van der Waals surface area contributed by atoms with Crippen molar-refractivity contribution in [1.82, 2.24) is 4.72 Å². The monoisotopic (exact) mass is 421 g/mol. The molecule has 2 aliphatic rings. The van der Waals surface area contributed by atoms with E-state index in [1.165, 1.54) is 18.2 Å². The first-order valence-corrected chi connectivity index (χ1v) is 11.7. The SMILES string of the molecule is O=C(O)CCC/C=C/CC1C2CCC(C2)C1NS(=O)(=O)/C=C/c1cccc(F)c1. The Morgan fingerprint density at radius 3 is 2.79 bits per heavy atom. The molecule has 2 saturated carbocycles. The number of carboxylic acids is 1. The first-order valence-electron chi connectivity index (χ1n) is 10.2. The van der Waals surface area contributed by atoms with Crippen LogP contribution in [0.15, 0.2) is 41.8 Å². The van der Waals surface area contributed by atoms with Gasteiger partial charge in [-0.3, -0.25) is 4.79 Å². The normalized spacial score (nSPS) is 26.7. The number of hydrogen-bond donors (Lipinski definition) is 2. The average Bonchev–Trinajstić information content (AvgIpc) is 3.25. The van der Waals surface area contributed by atoms with Crippen LogP contribution in [0.5, 0.6) is 0 Å². The van der Waals surface area contributed by atoms with Crippen LogP contribution in [-0.4, -0.2) is 25.5 Å². The number of carboxylic acid groups (broad SMARTS) is 1. The Labute approximate surface area is 171 Å². The van der Waals surface area contributed by atoms with E-state index >= 15 is 0 Å². The van der Waals surface area contributed by atoms with Gasteiger partial charge in [0, 0.05) is 17.9 Å². The first-order chi connectivity index (χ1) is 13.8. The highest BCUT2D eigenvalue weighted by Gasteiger charge is 2.47. The molecule has 4 atom stereocenters. The number of hydrogen-bond acceptors (Lipinski definition) is 3. The molecule has 0 aromatic heterocycles. The summed E-state index contributed by atoms with van der Waals surface area (Å²) >= 11 is 0. The third kappa shape index (κ3) is 6.24. The second kappa shape index (κ2) is 9.67. The first kappa shape index (κ1) is 21.7. The van der Waals surface area contributed by atoms with Gasteiger partial charge in [-0.1, -0.05) is 24.3 Å². The maximum atomic E-state index is 13.3. The van der Waals surface area contributed by atoms with Crippen LogP contribution >= 0.6 is 0 Å². The molecule has 2 bridgehead atoms. The molecule has 5 nitrogen and oxygen atoms in total. The highest BCUT2D eigenvalue weighted by molar-refractivity contribution is 7.92. The number of carbonyl (C=O) groups is 1. The van der Waals surface area contributed by atoms with E-state index in [4.69, 9.17) is 5.11 Å². The van der Waals surface area contributed by atoms with Crippen LogP contribution in [0.2, 0.25) is 0 Å². The molecule has 7 heteroatoms. The predicted molar refractivity (Wildman–Crippen MR) is 111 cm³/mol. The Hall–Kier alpha value is -1.99. The minimum atomic E-state index is -3.62. The number of rotatable bonds is 10. The standard InChI is InChI=1S/C22H28FNO4S/c23-19-7-5-6-16(14-19)12-13-29(27,28)24-22-18-11-10-17(15-18)20(22)8-3-1-2-4-9-21(25)26/h1,3,5-7,12-14,17-18,20,22,24H,2,4,8-11,15H2,(H,25,26)/b3-1+,13-12+. The summed E-state index contributed by atoms with van der Waals surface area (Å²) in [4.78, 5) is 10.6. The van der Waals surface area contributed by atoms with Crippen LogP contribution in [0.4, 0.5) is 4.39 Å². The molecule has 29 heavy (non-hydrogen) atoms. The second-order valence-electron chi connectivity index (χ2n) is 8.04. The highest BCUT2D eigenvalue weighted by atomic mass is 32.2. The zero-order valence-corrected chi connectivity index (χ0v) is 17.2. The second-order valence-corrected chi connectivity index (χ2v) is 9.63. The van der Waals surface area contributed by atoms with Crippen molar-refractivity contribution in [3.8, 4) is 0 Å². The van der Waals surface area contributed by atoms with Gasteiger partial charge in [-0.15, -0.1) is 0 Å². The fraction of sp³-hybridized carbons (Fsp3) is 0.500. The van der Waals surface area contributed by atoms with Gasteiger partial charge < -0.3 is 5.11 Å². The molecule has 0 spiro atoms. The van der Waals surface area contributed by atoms with Crippen LogP contribution in [-0.2, 0) is 14.8 Å². The van der Waals surface area contributed by atoms with Gasteiger partial charge in [-0.25, -0.2) is 17.5 Å². The molecular weight excluding hydrogens is 393 g/mol. The van der Waals surface area contributed by atoms with E-state index in [-0.39, 0.29) is 18.4 Å². The zero-order chi connectivity index (χ0) is 20.9. The minimum absolute atomic E-state index is 0.0837. The molecule has 4 unspecified atom stereocenters. The van der Waals surface area contributed by atoms with E-state index in [0.29, 0.717) is 23.8 Å². The largest absolute Gasteiger partial charge is 0.481 e. The van der Waals surface area contributed by atoms with Crippen molar-refractivity contribution in [2.75, 3.05) is 0 Å². The summed E-state index contributed by atoms with van der Waals surface area (Å²) in [6.45, 7) is 0. The van der Waals surface area contributed by atoms with Crippen molar-refractivity contribution in [2.24, 2.45) is 17.8 Å². The summed E-state index contributed by atoms with van der Waals surface area (Å²) < 4.78 is 41.3. The summed E-state index contributed by atoms with van der Waals surface area (Å²) in [6.07, 6.45) is 11.0. The van der Waals surface area contributed by atoms with Crippen LogP contribution in [0, 0.1) is 23.6 Å². The van der Waals surface area contributed by atoms with Gasteiger partial charge in [-0.2, -0.15) is 0 Å². The number of fused-ring (bicyclic) bond motifs is 2. The van der Waals surface area contributed by atoms with Crippen molar-refractivity contribution < 1.29 is 22.7 Å². The molecule has 0 saturated heterocycles. The lowest BCUT2D eigenvalue weighted by molar-refractivity contribution is -0.137. The Kier molecular flexibility index (Phi) is 7.24. The van der Waals surface area contributed by atoms with Gasteiger partial charge in [0.05, 0.1) is 0 Å². The number of benzene rings is 1. The molecular formula is C22H28FNO4S. The number of sulfonamides is 1. The number of aliphatic carboxylic acids is 1. The molecule has 1 aromatic carbocycles. The lowest BCUT2D eigenvalue weighted by atomic mass is 9.83. The number of allylic oxidation sites excluding steroid dienone is 2. The molecule has 0 amide bonds. The Morgan fingerprint density at radius 2 is 2.03 bits per heavy atom. The van der Waals surface area contributed by atoms with E-state index in [2.05, 4.69) is 10.8 Å². The molecule has 0 aliphatic heterocycles. The Morgan fingerprint density at radius 1 is 1.24 bits per heavy atom. The smallest absolute Gasteiger partial charge is 0.303 e. The lowest BCUT2D eigenvalue weighted by Crippen LogP contribution is -2.43. The van der Waals surface area contributed by atoms with Gasteiger partial charge in [0.15, 0.2) is 0 Å². The molecule has 158 valence electrons. The van der Waals surface area contributed by atoms with Crippen LogP contribution in [0.3, 0.4) is 0 Å². The van der Waals surface area contributed by atoms with Crippen molar-refractivity contribution in [3.05, 3.63) is 53.2 Å². The number of unbranched alkanes of at least 4 members (excludes halogenated alkanes) is 1. The van der Waals surface area contributed by atoms with Crippen molar-refractivity contribution in [1.29, 1.82) is 0 Å². The predicted octanol–water partition coefficient (Wildman–Crippen LogP) is 4.33. The Bertz CT molecular complexity index is 881. The van der Waals surface area contributed by atoms with E-state index in [9.17, 15) is 17.6 Å². The maximum Gasteiger partial charge on any atom is 0.303 e. The van der Waals surface area contributed by atoms with Gasteiger partial charge in [0.25, 0.3) is 0 Å². The molecule has 0 heterocycles. The van der Waals surface area contributed by atoms with Crippen LogP contribution in [0.1, 0.15) is 50.5 Å². The van der Waals surface area contributed by atoms with Gasteiger partial charge in [0.1, 0.15) is 5.82 Å². The minimum Gasteiger partial charge on any atom is -0.481 e. The summed E-state index contributed by atoms with van der Waals surface area (Å²) in [7, 11) is -3.62. The number of nitrogens with one attached hydrogen (secondary N) is 1.